The van der Waals surface area contributed by atoms with Crippen molar-refractivity contribution in [3.63, 3.8) is 0 Å². The molecule has 1 fully saturated rings. The van der Waals surface area contributed by atoms with E-state index >= 15 is 0 Å². The predicted molar refractivity (Wildman–Crippen MR) is 45.4 cm³/mol. The van der Waals surface area contributed by atoms with Crippen LogP contribution in [0.1, 0.15) is 25.7 Å². The maximum absolute atomic E-state index is 10.4. The van der Waals surface area contributed by atoms with Crippen molar-refractivity contribution in [3.8, 4) is 0 Å². The zero-order valence-electron chi connectivity index (χ0n) is 7.16. The molecule has 70 valence electrons. The Balaban J connectivity index is 2.13. The van der Waals surface area contributed by atoms with Gasteiger partial charge >= 0.3 is 0 Å². The van der Waals surface area contributed by atoms with Crippen LogP contribution in [0.2, 0.25) is 0 Å². The highest BCUT2D eigenvalue weighted by Gasteiger charge is 2.18. The topological polar surface area (TPSA) is 78.3 Å². The van der Waals surface area contributed by atoms with Crippen LogP contribution in [0.5, 0.6) is 0 Å². The van der Waals surface area contributed by atoms with Crippen LogP contribution < -0.4 is 11.5 Å². The molecule has 0 atom stereocenters. The van der Waals surface area contributed by atoms with Crippen molar-refractivity contribution in [2.24, 2.45) is 11.5 Å². The number of hydrogen-bond donors (Lipinski definition) is 2. The van der Waals surface area contributed by atoms with Gasteiger partial charge in [-0.15, -0.1) is 0 Å². The monoisotopic (exact) mass is 172 g/mol. The summed E-state index contributed by atoms with van der Waals surface area (Å²) in [6.07, 6.45) is 4.08. The zero-order chi connectivity index (χ0) is 8.97. The molecule has 0 bridgehead atoms. The quantitative estimate of drug-likeness (QED) is 0.616. The molecule has 0 aliphatic heterocycles. The average Bonchev–Trinajstić information content (AvgIpc) is 2.03. The summed E-state index contributed by atoms with van der Waals surface area (Å²) >= 11 is 0. The van der Waals surface area contributed by atoms with Gasteiger partial charge in [0.2, 0.25) is 5.91 Å². The molecular weight excluding hydrogens is 156 g/mol. The van der Waals surface area contributed by atoms with Crippen molar-refractivity contribution >= 4 is 5.91 Å². The minimum Gasteiger partial charge on any atom is -0.368 e. The van der Waals surface area contributed by atoms with E-state index in [1.807, 2.05) is 0 Å². The van der Waals surface area contributed by atoms with Gasteiger partial charge < -0.3 is 16.2 Å². The van der Waals surface area contributed by atoms with Crippen molar-refractivity contribution in [1.29, 1.82) is 0 Å². The van der Waals surface area contributed by atoms with E-state index < -0.39 is 5.91 Å². The summed E-state index contributed by atoms with van der Waals surface area (Å²) in [4.78, 5) is 10.4. The van der Waals surface area contributed by atoms with Gasteiger partial charge in [0.25, 0.3) is 0 Å². The fourth-order valence-corrected chi connectivity index (χ4v) is 1.46. The Kier molecular flexibility index (Phi) is 3.49. The Hall–Kier alpha value is -0.610. The first-order chi connectivity index (χ1) is 5.68. The zero-order valence-corrected chi connectivity index (χ0v) is 7.16. The van der Waals surface area contributed by atoms with Crippen LogP contribution in [-0.2, 0) is 9.53 Å². The molecule has 4 nitrogen and oxygen atoms in total. The summed E-state index contributed by atoms with van der Waals surface area (Å²) in [5, 5.41) is 0. The normalized spacial score (nSPS) is 30.1. The highest BCUT2D eigenvalue weighted by Crippen LogP contribution is 2.19. The van der Waals surface area contributed by atoms with Gasteiger partial charge in [-0.25, -0.2) is 0 Å². The molecule has 0 aromatic rings. The third kappa shape index (κ3) is 3.19. The Morgan fingerprint density at radius 2 is 1.92 bits per heavy atom. The molecule has 1 aliphatic carbocycles. The number of hydrogen-bond acceptors (Lipinski definition) is 3. The van der Waals surface area contributed by atoms with E-state index in [9.17, 15) is 4.79 Å². The number of nitrogens with two attached hydrogens (primary N) is 2. The van der Waals surface area contributed by atoms with Crippen LogP contribution in [0.15, 0.2) is 0 Å². The van der Waals surface area contributed by atoms with Gasteiger partial charge in [-0.05, 0) is 25.7 Å². The lowest BCUT2D eigenvalue weighted by Gasteiger charge is -2.25. The maximum atomic E-state index is 10.4. The van der Waals surface area contributed by atoms with Crippen molar-refractivity contribution in [2.45, 2.75) is 37.8 Å². The van der Waals surface area contributed by atoms with Crippen LogP contribution >= 0.6 is 0 Å². The van der Waals surface area contributed by atoms with Gasteiger partial charge in [0.15, 0.2) is 0 Å². The number of carbonyl (C=O) groups excluding carboxylic acids is 1. The van der Waals surface area contributed by atoms with Crippen LogP contribution in [0.4, 0.5) is 0 Å². The first-order valence-corrected chi connectivity index (χ1v) is 4.34. The molecule has 1 saturated carbocycles. The third-order valence-electron chi connectivity index (χ3n) is 2.18. The van der Waals surface area contributed by atoms with Crippen LogP contribution in [0.3, 0.4) is 0 Å². The summed E-state index contributed by atoms with van der Waals surface area (Å²) in [5.41, 5.74) is 10.7. The summed E-state index contributed by atoms with van der Waals surface area (Å²) in [7, 11) is 0. The molecule has 1 amide bonds. The number of rotatable bonds is 3. The van der Waals surface area contributed by atoms with Crippen molar-refractivity contribution < 1.29 is 9.53 Å². The first kappa shape index (κ1) is 9.48. The molecule has 0 radical (unpaired) electrons. The Morgan fingerprint density at radius 1 is 1.33 bits per heavy atom. The lowest BCUT2D eigenvalue weighted by atomic mass is 9.94. The molecule has 0 spiro atoms. The molecule has 4 heteroatoms. The van der Waals surface area contributed by atoms with Crippen molar-refractivity contribution in [3.05, 3.63) is 0 Å². The number of carbonyl (C=O) groups is 1. The van der Waals surface area contributed by atoms with Gasteiger partial charge in [0.1, 0.15) is 6.61 Å². The van der Waals surface area contributed by atoms with E-state index in [0.717, 1.165) is 25.7 Å². The van der Waals surface area contributed by atoms with E-state index in [4.69, 9.17) is 16.2 Å². The van der Waals surface area contributed by atoms with Crippen molar-refractivity contribution in [2.75, 3.05) is 6.61 Å². The number of ether oxygens (including phenoxy) is 1. The molecule has 0 saturated heterocycles. The number of primary amides is 1. The van der Waals surface area contributed by atoms with Gasteiger partial charge in [0.05, 0.1) is 6.10 Å². The standard InChI is InChI=1S/C8H16N2O2/c9-6-1-3-7(4-2-6)12-5-8(10)11/h6-7H,1-5,9H2,(H2,10,11)/t6-,7-. The van der Waals surface area contributed by atoms with Gasteiger partial charge in [-0.3, -0.25) is 4.79 Å². The third-order valence-corrected chi connectivity index (χ3v) is 2.18. The Bertz CT molecular complexity index is 153. The van der Waals surface area contributed by atoms with E-state index in [0.29, 0.717) is 6.04 Å². The SMILES string of the molecule is NC(=O)CO[C@H]1CC[C@H](N)CC1. The van der Waals surface area contributed by atoms with Crippen LogP contribution in [0, 0.1) is 0 Å². The van der Waals surface area contributed by atoms with E-state index in [2.05, 4.69) is 0 Å². The molecule has 0 unspecified atom stereocenters. The Morgan fingerprint density at radius 3 is 2.42 bits per heavy atom. The Labute approximate surface area is 72.2 Å². The predicted octanol–water partition coefficient (Wildman–Crippen LogP) is -0.242. The van der Waals surface area contributed by atoms with E-state index in [1.54, 1.807) is 0 Å². The van der Waals surface area contributed by atoms with E-state index in [-0.39, 0.29) is 12.7 Å². The fraction of sp³-hybridized carbons (Fsp3) is 0.875. The van der Waals surface area contributed by atoms with Crippen LogP contribution in [-0.4, -0.2) is 24.7 Å². The average molecular weight is 172 g/mol. The molecule has 4 N–H and O–H groups in total. The first-order valence-electron chi connectivity index (χ1n) is 4.34. The molecule has 0 aromatic heterocycles. The summed E-state index contributed by atoms with van der Waals surface area (Å²) in [6.45, 7) is 0.0416. The maximum Gasteiger partial charge on any atom is 0.243 e. The number of amides is 1. The second kappa shape index (κ2) is 4.42. The lowest BCUT2D eigenvalue weighted by Crippen LogP contribution is -2.32. The summed E-state index contributed by atoms with van der Waals surface area (Å²) < 4.78 is 5.26. The summed E-state index contributed by atoms with van der Waals surface area (Å²) in [5.74, 6) is -0.398. The molecule has 1 aliphatic rings. The molecular formula is C8H16N2O2. The fourth-order valence-electron chi connectivity index (χ4n) is 1.46. The summed E-state index contributed by atoms with van der Waals surface area (Å²) in [6, 6.07) is 0.318. The second-order valence-corrected chi connectivity index (χ2v) is 3.31. The minimum atomic E-state index is -0.398. The molecule has 12 heavy (non-hydrogen) atoms. The highest BCUT2D eigenvalue weighted by molar-refractivity contribution is 5.74. The van der Waals surface area contributed by atoms with Gasteiger partial charge in [-0.1, -0.05) is 0 Å². The lowest BCUT2D eigenvalue weighted by molar-refractivity contribution is -0.125. The molecule has 0 heterocycles. The van der Waals surface area contributed by atoms with Gasteiger partial charge in [0, 0.05) is 6.04 Å². The minimum absolute atomic E-state index is 0.0416. The van der Waals surface area contributed by atoms with Crippen molar-refractivity contribution in [1.82, 2.24) is 0 Å². The van der Waals surface area contributed by atoms with E-state index in [1.165, 1.54) is 0 Å². The molecule has 0 aromatic carbocycles. The smallest absolute Gasteiger partial charge is 0.243 e. The van der Waals surface area contributed by atoms with Crippen LogP contribution in [0.25, 0.3) is 0 Å². The largest absolute Gasteiger partial charge is 0.368 e. The second-order valence-electron chi connectivity index (χ2n) is 3.31. The van der Waals surface area contributed by atoms with Gasteiger partial charge in [-0.2, -0.15) is 0 Å². The molecule has 1 rings (SSSR count). The highest BCUT2D eigenvalue weighted by atomic mass is 16.5.